The number of nitrogens with one attached hydrogen (secondary N) is 1. The molecule has 2 heterocycles. The van der Waals surface area contributed by atoms with Gasteiger partial charge in [0.15, 0.2) is 0 Å². The Morgan fingerprint density at radius 1 is 1.41 bits per heavy atom. The highest BCUT2D eigenvalue weighted by Crippen LogP contribution is 2.23. The van der Waals surface area contributed by atoms with Crippen molar-refractivity contribution < 1.29 is 0 Å². The average molecular weight is 229 g/mol. The van der Waals surface area contributed by atoms with Crippen LogP contribution in [0.3, 0.4) is 0 Å². The zero-order valence-corrected chi connectivity index (χ0v) is 10.5. The Labute approximate surface area is 102 Å². The van der Waals surface area contributed by atoms with Crippen LogP contribution in [-0.2, 0) is 6.54 Å². The first-order valence-electron chi connectivity index (χ1n) is 6.39. The quantitative estimate of drug-likeness (QED) is 0.856. The lowest BCUT2D eigenvalue weighted by molar-refractivity contribution is 0.457. The second kappa shape index (κ2) is 4.15. The normalized spacial score (nSPS) is 20.2. The van der Waals surface area contributed by atoms with Crippen LogP contribution in [0.15, 0.2) is 18.2 Å². The summed E-state index contributed by atoms with van der Waals surface area (Å²) in [5, 5.41) is 9.43. The van der Waals surface area contributed by atoms with Crippen molar-refractivity contribution in [2.24, 2.45) is 5.92 Å². The molecule has 0 amide bonds. The van der Waals surface area contributed by atoms with Crippen molar-refractivity contribution in [3.05, 3.63) is 29.5 Å². The van der Waals surface area contributed by atoms with Gasteiger partial charge in [-0.25, -0.2) is 0 Å². The molecule has 1 unspecified atom stereocenters. The van der Waals surface area contributed by atoms with E-state index in [9.17, 15) is 0 Å². The van der Waals surface area contributed by atoms with Gasteiger partial charge in [-0.05, 0) is 44.8 Å². The van der Waals surface area contributed by atoms with Gasteiger partial charge in [0, 0.05) is 11.9 Å². The summed E-state index contributed by atoms with van der Waals surface area (Å²) < 4.78 is 2.21. The van der Waals surface area contributed by atoms with E-state index in [1.807, 2.05) is 0 Å². The highest BCUT2D eigenvalue weighted by Gasteiger charge is 2.17. The summed E-state index contributed by atoms with van der Waals surface area (Å²) in [7, 11) is 0. The van der Waals surface area contributed by atoms with Gasteiger partial charge < -0.3 is 5.32 Å². The van der Waals surface area contributed by atoms with E-state index < -0.39 is 0 Å². The van der Waals surface area contributed by atoms with Crippen LogP contribution in [0.1, 0.15) is 17.7 Å². The fraction of sp³-hybridized carbons (Fsp3) is 0.500. The van der Waals surface area contributed by atoms with Gasteiger partial charge in [-0.1, -0.05) is 18.2 Å². The van der Waals surface area contributed by atoms with Gasteiger partial charge >= 0.3 is 0 Å². The van der Waals surface area contributed by atoms with Crippen molar-refractivity contribution in [2.75, 3.05) is 13.1 Å². The minimum atomic E-state index is 0.733. The third-order valence-corrected chi connectivity index (χ3v) is 3.75. The van der Waals surface area contributed by atoms with Gasteiger partial charge in [0.25, 0.3) is 0 Å². The minimum absolute atomic E-state index is 0.733. The lowest BCUT2D eigenvalue weighted by Gasteiger charge is -2.10. The monoisotopic (exact) mass is 229 g/mol. The van der Waals surface area contributed by atoms with Crippen LogP contribution in [0.5, 0.6) is 0 Å². The van der Waals surface area contributed by atoms with E-state index in [1.54, 1.807) is 0 Å². The number of hydrogen-bond donors (Lipinski definition) is 1. The highest BCUT2D eigenvalue weighted by molar-refractivity contribution is 5.84. The molecule has 3 heteroatoms. The second-order valence-electron chi connectivity index (χ2n) is 5.10. The van der Waals surface area contributed by atoms with Gasteiger partial charge in [0.05, 0.1) is 11.2 Å². The molecule has 0 aliphatic carbocycles. The third-order valence-electron chi connectivity index (χ3n) is 3.75. The first kappa shape index (κ1) is 10.8. The molecular weight excluding hydrogens is 210 g/mol. The summed E-state index contributed by atoms with van der Waals surface area (Å²) in [6.07, 6.45) is 1.27. The van der Waals surface area contributed by atoms with Crippen molar-refractivity contribution in [2.45, 2.75) is 26.8 Å². The zero-order valence-electron chi connectivity index (χ0n) is 10.5. The summed E-state index contributed by atoms with van der Waals surface area (Å²) in [4.78, 5) is 0. The molecule has 1 aromatic heterocycles. The Kier molecular flexibility index (Phi) is 2.63. The first-order chi connectivity index (χ1) is 8.25. The Morgan fingerprint density at radius 3 is 3.06 bits per heavy atom. The van der Waals surface area contributed by atoms with E-state index in [2.05, 4.69) is 42.0 Å². The summed E-state index contributed by atoms with van der Waals surface area (Å²) in [6.45, 7) is 7.61. The average Bonchev–Trinajstić information content (AvgIpc) is 2.90. The van der Waals surface area contributed by atoms with Gasteiger partial charge in [-0.2, -0.15) is 5.10 Å². The molecule has 1 fully saturated rings. The number of nitrogens with zero attached hydrogens (tertiary/aromatic N) is 2. The van der Waals surface area contributed by atoms with Gasteiger partial charge in [-0.15, -0.1) is 0 Å². The van der Waals surface area contributed by atoms with E-state index in [-0.39, 0.29) is 0 Å². The molecule has 3 rings (SSSR count). The molecular formula is C14H19N3. The molecule has 0 bridgehead atoms. The number of aryl methyl sites for hydroxylation is 2. The number of rotatable bonds is 2. The molecule has 1 aliphatic rings. The maximum absolute atomic E-state index is 4.70. The van der Waals surface area contributed by atoms with Crippen molar-refractivity contribution in [3.63, 3.8) is 0 Å². The SMILES string of the molecule is Cc1nn(CC2CCNC2)c2c(C)cccc12. The molecule has 3 nitrogen and oxygen atoms in total. The Bertz CT molecular complexity index is 536. The van der Waals surface area contributed by atoms with Crippen LogP contribution < -0.4 is 5.32 Å². The van der Waals surface area contributed by atoms with Crippen molar-refractivity contribution in [1.82, 2.24) is 15.1 Å². The maximum atomic E-state index is 4.70. The predicted octanol–water partition coefficient (Wildman–Crippen LogP) is 2.26. The molecule has 0 saturated carbocycles. The predicted molar refractivity (Wildman–Crippen MR) is 70.2 cm³/mol. The molecule has 2 aromatic rings. The molecule has 0 radical (unpaired) electrons. The number of para-hydroxylation sites is 1. The summed E-state index contributed by atoms with van der Waals surface area (Å²) in [5.74, 6) is 0.733. The smallest absolute Gasteiger partial charge is 0.0714 e. The largest absolute Gasteiger partial charge is 0.316 e. The lowest BCUT2D eigenvalue weighted by atomic mass is 10.1. The van der Waals surface area contributed by atoms with E-state index in [4.69, 9.17) is 5.10 Å². The Balaban J connectivity index is 2.03. The fourth-order valence-electron chi connectivity index (χ4n) is 2.83. The molecule has 1 N–H and O–H groups in total. The standard InChI is InChI=1S/C14H19N3/c1-10-4-3-5-13-11(2)16-17(14(10)13)9-12-6-7-15-8-12/h3-5,12,15H,6-9H2,1-2H3. The van der Waals surface area contributed by atoms with Crippen molar-refractivity contribution in [1.29, 1.82) is 0 Å². The zero-order chi connectivity index (χ0) is 11.8. The van der Waals surface area contributed by atoms with E-state index in [0.717, 1.165) is 31.2 Å². The number of hydrogen-bond acceptors (Lipinski definition) is 2. The highest BCUT2D eigenvalue weighted by atomic mass is 15.3. The van der Waals surface area contributed by atoms with Crippen LogP contribution in [0.4, 0.5) is 0 Å². The number of fused-ring (bicyclic) bond motifs is 1. The molecule has 0 spiro atoms. The second-order valence-corrected chi connectivity index (χ2v) is 5.10. The van der Waals surface area contributed by atoms with Crippen LogP contribution in [0.2, 0.25) is 0 Å². The first-order valence-corrected chi connectivity index (χ1v) is 6.39. The van der Waals surface area contributed by atoms with Crippen molar-refractivity contribution >= 4 is 10.9 Å². The minimum Gasteiger partial charge on any atom is -0.316 e. The van der Waals surface area contributed by atoms with Gasteiger partial charge in [0.1, 0.15) is 0 Å². The van der Waals surface area contributed by atoms with E-state index in [0.29, 0.717) is 0 Å². The molecule has 1 atom stereocenters. The fourth-order valence-corrected chi connectivity index (χ4v) is 2.83. The molecule has 90 valence electrons. The molecule has 1 aromatic carbocycles. The van der Waals surface area contributed by atoms with Gasteiger partial charge in [-0.3, -0.25) is 4.68 Å². The lowest BCUT2D eigenvalue weighted by Crippen LogP contribution is -2.15. The molecule has 17 heavy (non-hydrogen) atoms. The summed E-state index contributed by atoms with van der Waals surface area (Å²) >= 11 is 0. The number of benzene rings is 1. The summed E-state index contributed by atoms with van der Waals surface area (Å²) in [6, 6.07) is 6.47. The van der Waals surface area contributed by atoms with Gasteiger partial charge in [0.2, 0.25) is 0 Å². The van der Waals surface area contributed by atoms with Crippen LogP contribution in [0.25, 0.3) is 10.9 Å². The van der Waals surface area contributed by atoms with E-state index >= 15 is 0 Å². The van der Waals surface area contributed by atoms with Crippen LogP contribution in [-0.4, -0.2) is 22.9 Å². The number of aromatic nitrogens is 2. The Morgan fingerprint density at radius 2 is 2.29 bits per heavy atom. The maximum Gasteiger partial charge on any atom is 0.0714 e. The van der Waals surface area contributed by atoms with Crippen LogP contribution in [0, 0.1) is 19.8 Å². The van der Waals surface area contributed by atoms with Crippen molar-refractivity contribution in [3.8, 4) is 0 Å². The summed E-state index contributed by atoms with van der Waals surface area (Å²) in [5.41, 5.74) is 3.79. The topological polar surface area (TPSA) is 29.9 Å². The molecule has 1 aliphatic heterocycles. The molecule has 1 saturated heterocycles. The third kappa shape index (κ3) is 1.84. The van der Waals surface area contributed by atoms with Crippen LogP contribution >= 0.6 is 0 Å². The van der Waals surface area contributed by atoms with E-state index in [1.165, 1.54) is 22.9 Å². The Hall–Kier alpha value is -1.35.